The van der Waals surface area contributed by atoms with Crippen LogP contribution in [0.15, 0.2) is 58.9 Å². The number of benzene rings is 2. The number of hydrogen-bond donors (Lipinski definition) is 2. The number of aliphatic hydroxyl groups is 1. The van der Waals surface area contributed by atoms with Gasteiger partial charge in [-0.25, -0.2) is 4.98 Å². The van der Waals surface area contributed by atoms with E-state index in [2.05, 4.69) is 9.88 Å². The van der Waals surface area contributed by atoms with E-state index in [1.807, 2.05) is 35.4 Å². The number of aryl methyl sites for hydroxylation is 1. The molecule has 2 aliphatic rings. The second-order valence-electron chi connectivity index (χ2n) is 9.23. The lowest BCUT2D eigenvalue weighted by Gasteiger charge is -2.42. The van der Waals surface area contributed by atoms with Gasteiger partial charge >= 0.3 is 0 Å². The lowest BCUT2D eigenvalue weighted by atomic mass is 9.84. The number of rotatable bonds is 4. The Morgan fingerprint density at radius 3 is 2.49 bits per heavy atom. The number of nitrogens with zero attached hydrogens (tertiary/aromatic N) is 3. The maximum absolute atomic E-state index is 13.2. The number of carbonyl (C=O) groups is 1. The number of anilines is 2. The molecule has 1 unspecified atom stereocenters. The Hall–Kier alpha value is -2.50. The van der Waals surface area contributed by atoms with E-state index >= 15 is 0 Å². The van der Waals surface area contributed by atoms with E-state index in [-0.39, 0.29) is 16.8 Å². The van der Waals surface area contributed by atoms with Crippen molar-refractivity contribution in [2.24, 2.45) is 0 Å². The fourth-order valence-corrected chi connectivity index (χ4v) is 5.83. The van der Waals surface area contributed by atoms with Crippen molar-refractivity contribution in [3.8, 4) is 0 Å². The molecule has 0 spiro atoms. The van der Waals surface area contributed by atoms with Crippen molar-refractivity contribution >= 4 is 50.7 Å². The minimum absolute atomic E-state index is 0.0574. The SMILES string of the molecule is C[C@@H](C(=O)N1CCC(O)(c2ccc(S(=O)[O-])cc2)CC1)N1CCCc2cc(Cl)ccc21.Nc1nccs1. The summed E-state index contributed by atoms with van der Waals surface area (Å²) in [5, 5.41) is 14.3. The molecule has 37 heavy (non-hydrogen) atoms. The summed E-state index contributed by atoms with van der Waals surface area (Å²) in [6.45, 7) is 3.67. The van der Waals surface area contributed by atoms with Crippen LogP contribution in [0.1, 0.15) is 37.3 Å². The Kier molecular flexibility index (Phi) is 8.86. The average molecular weight is 562 g/mol. The molecule has 0 radical (unpaired) electrons. The Morgan fingerprint density at radius 2 is 1.92 bits per heavy atom. The van der Waals surface area contributed by atoms with Crippen molar-refractivity contribution in [2.45, 2.75) is 49.1 Å². The molecule has 5 rings (SSSR count). The van der Waals surface area contributed by atoms with Gasteiger partial charge in [-0.3, -0.25) is 9.00 Å². The zero-order chi connectivity index (χ0) is 26.6. The van der Waals surface area contributed by atoms with Crippen molar-refractivity contribution in [3.63, 3.8) is 0 Å². The van der Waals surface area contributed by atoms with Gasteiger partial charge in [-0.15, -0.1) is 11.3 Å². The molecule has 198 valence electrons. The van der Waals surface area contributed by atoms with Gasteiger partial charge in [0.25, 0.3) is 0 Å². The summed E-state index contributed by atoms with van der Waals surface area (Å²) in [6, 6.07) is 11.8. The van der Waals surface area contributed by atoms with Crippen LogP contribution in [0.5, 0.6) is 0 Å². The Labute approximate surface area is 228 Å². The van der Waals surface area contributed by atoms with E-state index in [0.717, 1.165) is 25.1 Å². The molecule has 0 saturated carbocycles. The summed E-state index contributed by atoms with van der Waals surface area (Å²) >= 11 is 5.30. The van der Waals surface area contributed by atoms with Gasteiger partial charge < -0.3 is 25.2 Å². The van der Waals surface area contributed by atoms with E-state index in [4.69, 9.17) is 17.3 Å². The van der Waals surface area contributed by atoms with Gasteiger partial charge in [0.2, 0.25) is 5.91 Å². The molecule has 0 aliphatic carbocycles. The van der Waals surface area contributed by atoms with Crippen LogP contribution >= 0.6 is 22.9 Å². The maximum Gasteiger partial charge on any atom is 0.244 e. The molecule has 1 aromatic heterocycles. The molecule has 0 bridgehead atoms. The molecule has 2 atom stereocenters. The van der Waals surface area contributed by atoms with E-state index in [0.29, 0.717) is 41.6 Å². The van der Waals surface area contributed by atoms with Crippen molar-refractivity contribution in [2.75, 3.05) is 30.3 Å². The Balaban J connectivity index is 0.000000469. The number of fused-ring (bicyclic) bond motifs is 1. The van der Waals surface area contributed by atoms with E-state index in [9.17, 15) is 18.7 Å². The molecule has 1 fully saturated rings. The molecule has 3 N–H and O–H groups in total. The summed E-state index contributed by atoms with van der Waals surface area (Å²) in [5.41, 5.74) is 7.06. The summed E-state index contributed by atoms with van der Waals surface area (Å²) in [7, 11) is 0. The van der Waals surface area contributed by atoms with Gasteiger partial charge in [-0.2, -0.15) is 0 Å². The highest BCUT2D eigenvalue weighted by molar-refractivity contribution is 7.79. The number of aromatic nitrogens is 1. The largest absolute Gasteiger partial charge is 0.768 e. The molecular formula is C26H30ClN4O4S2-. The minimum Gasteiger partial charge on any atom is -0.768 e. The standard InChI is InChI=1S/C23H27ClN2O4S.C3H4N2S/c1-16(26-12-2-3-17-15-19(24)6-9-21(17)26)22(27)25-13-10-23(28,11-14-25)18-4-7-20(8-5-18)31(29)30;4-3-5-1-2-6-3/h4-9,15-16,28H,2-3,10-14H2,1H3,(H,29,30);1-2H,(H2,4,5)/p-1/t16-;/m0./s1. The lowest BCUT2D eigenvalue weighted by molar-refractivity contribution is -0.136. The summed E-state index contributed by atoms with van der Waals surface area (Å²) < 4.78 is 22.1. The molecule has 11 heteroatoms. The van der Waals surface area contributed by atoms with Crippen LogP contribution in [0.3, 0.4) is 0 Å². The predicted octanol–water partition coefficient (Wildman–Crippen LogP) is 3.95. The number of nitrogens with two attached hydrogens (primary N) is 1. The number of nitrogen functional groups attached to an aromatic ring is 1. The smallest absolute Gasteiger partial charge is 0.244 e. The first kappa shape index (κ1) is 27.5. The van der Waals surface area contributed by atoms with Gasteiger partial charge in [-0.05, 0) is 85.1 Å². The predicted molar refractivity (Wildman–Crippen MR) is 146 cm³/mol. The first-order chi connectivity index (χ1) is 17.7. The highest BCUT2D eigenvalue weighted by atomic mass is 35.5. The minimum atomic E-state index is -2.29. The molecule has 8 nitrogen and oxygen atoms in total. The molecule has 2 aromatic carbocycles. The zero-order valence-corrected chi connectivity index (χ0v) is 22.9. The fourth-order valence-electron chi connectivity index (χ4n) is 4.89. The summed E-state index contributed by atoms with van der Waals surface area (Å²) in [4.78, 5) is 21.1. The first-order valence-corrected chi connectivity index (χ1v) is 14.4. The molecule has 1 saturated heterocycles. The second kappa shape index (κ2) is 11.9. The van der Waals surface area contributed by atoms with Crippen LogP contribution in [0, 0.1) is 0 Å². The van der Waals surface area contributed by atoms with Crippen LogP contribution < -0.4 is 10.6 Å². The quantitative estimate of drug-likeness (QED) is 0.462. The number of thiazole rings is 1. The highest BCUT2D eigenvalue weighted by Gasteiger charge is 2.37. The topological polar surface area (TPSA) is 123 Å². The number of likely N-dealkylation sites (tertiary alicyclic amines) is 1. The van der Waals surface area contributed by atoms with Gasteiger partial charge in [0.05, 0.1) is 5.60 Å². The number of halogens is 1. The number of amides is 1. The van der Waals surface area contributed by atoms with E-state index < -0.39 is 16.7 Å². The van der Waals surface area contributed by atoms with Crippen LogP contribution in [0.2, 0.25) is 5.02 Å². The summed E-state index contributed by atoms with van der Waals surface area (Å²) in [5.74, 6) is 0.0574. The van der Waals surface area contributed by atoms with Gasteiger partial charge in [-0.1, -0.05) is 23.7 Å². The van der Waals surface area contributed by atoms with Crippen LogP contribution in [-0.4, -0.2) is 55.3 Å². The molecule has 3 aromatic rings. The third-order valence-electron chi connectivity index (χ3n) is 6.96. The Morgan fingerprint density at radius 1 is 1.22 bits per heavy atom. The fraction of sp³-hybridized carbons (Fsp3) is 0.385. The molecule has 3 heterocycles. The highest BCUT2D eigenvalue weighted by Crippen LogP contribution is 2.35. The van der Waals surface area contributed by atoms with Crippen molar-refractivity contribution < 1.29 is 18.7 Å². The van der Waals surface area contributed by atoms with Crippen molar-refractivity contribution in [1.29, 1.82) is 0 Å². The molecule has 1 amide bonds. The second-order valence-corrected chi connectivity index (χ2v) is 11.5. The average Bonchev–Trinajstić information content (AvgIpc) is 3.39. The van der Waals surface area contributed by atoms with Crippen LogP contribution in [0.4, 0.5) is 10.8 Å². The normalized spacial score (nSPS) is 18.3. The number of piperidine rings is 1. The van der Waals surface area contributed by atoms with Gasteiger partial charge in [0, 0.05) is 46.8 Å². The third kappa shape index (κ3) is 6.50. The van der Waals surface area contributed by atoms with Gasteiger partial charge in [0.1, 0.15) is 6.04 Å². The zero-order valence-electron chi connectivity index (χ0n) is 20.5. The van der Waals surface area contributed by atoms with Crippen LogP contribution in [-0.2, 0) is 27.9 Å². The van der Waals surface area contributed by atoms with Crippen LogP contribution in [0.25, 0.3) is 0 Å². The maximum atomic E-state index is 13.2. The Bertz CT molecular complexity index is 1230. The lowest BCUT2D eigenvalue weighted by Crippen LogP contribution is -2.53. The summed E-state index contributed by atoms with van der Waals surface area (Å²) in [6.07, 6.45) is 4.45. The molecular weight excluding hydrogens is 532 g/mol. The number of carbonyl (C=O) groups excluding carboxylic acids is 1. The van der Waals surface area contributed by atoms with Crippen molar-refractivity contribution in [3.05, 3.63) is 70.2 Å². The molecule has 2 aliphatic heterocycles. The van der Waals surface area contributed by atoms with E-state index in [1.165, 1.54) is 29.0 Å². The first-order valence-electron chi connectivity index (χ1n) is 12.1. The monoisotopic (exact) mass is 561 g/mol. The van der Waals surface area contributed by atoms with Gasteiger partial charge in [0.15, 0.2) is 5.13 Å². The van der Waals surface area contributed by atoms with Crippen molar-refractivity contribution in [1.82, 2.24) is 9.88 Å². The third-order valence-corrected chi connectivity index (χ3v) is 8.46. The van der Waals surface area contributed by atoms with E-state index in [1.54, 1.807) is 18.3 Å². The number of hydrogen-bond acceptors (Lipinski definition) is 8.